The van der Waals surface area contributed by atoms with Crippen LogP contribution in [0.5, 0.6) is 0 Å². The van der Waals surface area contributed by atoms with E-state index in [2.05, 4.69) is 13.8 Å². The molecule has 0 aromatic carbocycles. The Balaban J connectivity index is 1.59. The van der Waals surface area contributed by atoms with E-state index in [1.165, 1.54) is 6.92 Å². The van der Waals surface area contributed by atoms with Crippen molar-refractivity contribution in [3.05, 3.63) is 0 Å². The van der Waals surface area contributed by atoms with Gasteiger partial charge in [0.1, 0.15) is 6.61 Å². The van der Waals surface area contributed by atoms with Gasteiger partial charge in [-0.2, -0.15) is 0 Å². The number of esters is 1. The zero-order valence-electron chi connectivity index (χ0n) is 17.8. The summed E-state index contributed by atoms with van der Waals surface area (Å²) < 4.78 is 5.00. The van der Waals surface area contributed by atoms with Gasteiger partial charge in [0.25, 0.3) is 0 Å². The van der Waals surface area contributed by atoms with E-state index in [0.29, 0.717) is 30.6 Å². The van der Waals surface area contributed by atoms with Crippen LogP contribution in [0.4, 0.5) is 0 Å². The molecular weight excluding hydrogens is 392 g/mol. The second kappa shape index (κ2) is 7.20. The number of carbonyl (C=O) groups is 2. The standard InChI is InChI=1S/C23H35ClO5/c1-13(25)29-12-19(27)18-5-4-16-15-10-20(28)23(24)11-14(26)6-9-22(23,3)17(15)7-8-21(16,18)2/h14-18,20,26,28H,4-12H2,1-3H3/t14-,15?,16?,17?,18+,20+,21-,22+,23-/m0/s1. The fourth-order valence-electron chi connectivity index (χ4n) is 8.02. The molecule has 4 saturated carbocycles. The van der Waals surface area contributed by atoms with Crippen molar-refractivity contribution in [3.8, 4) is 0 Å². The van der Waals surface area contributed by atoms with Crippen molar-refractivity contribution in [1.29, 1.82) is 0 Å². The molecule has 0 amide bonds. The van der Waals surface area contributed by atoms with Crippen LogP contribution < -0.4 is 0 Å². The van der Waals surface area contributed by atoms with Gasteiger partial charge in [-0.3, -0.25) is 9.59 Å². The fourth-order valence-corrected chi connectivity index (χ4v) is 8.52. The molecule has 3 unspecified atom stereocenters. The van der Waals surface area contributed by atoms with E-state index < -0.39 is 23.1 Å². The lowest BCUT2D eigenvalue weighted by Gasteiger charge is -2.65. The van der Waals surface area contributed by atoms with Gasteiger partial charge in [-0.05, 0) is 80.0 Å². The Morgan fingerprint density at radius 3 is 2.48 bits per heavy atom. The molecule has 0 radical (unpaired) electrons. The number of alkyl halides is 1. The monoisotopic (exact) mass is 426 g/mol. The Bertz CT molecular complexity index is 697. The minimum atomic E-state index is -0.761. The summed E-state index contributed by atoms with van der Waals surface area (Å²) >= 11 is 7.10. The lowest BCUT2D eigenvalue weighted by Crippen LogP contribution is -2.66. The van der Waals surface area contributed by atoms with Crippen LogP contribution in [-0.4, -0.2) is 45.7 Å². The summed E-state index contributed by atoms with van der Waals surface area (Å²) in [5, 5.41) is 21.4. The molecule has 164 valence electrons. The van der Waals surface area contributed by atoms with Crippen LogP contribution in [0.1, 0.15) is 72.1 Å². The Labute approximate surface area is 178 Å². The summed E-state index contributed by atoms with van der Waals surface area (Å²) in [5.74, 6) is 0.695. The Morgan fingerprint density at radius 1 is 1.07 bits per heavy atom. The highest BCUT2D eigenvalue weighted by Gasteiger charge is 2.67. The van der Waals surface area contributed by atoms with Gasteiger partial charge in [-0.15, -0.1) is 11.6 Å². The Morgan fingerprint density at radius 2 is 1.79 bits per heavy atom. The molecular formula is C23H35ClO5. The average Bonchev–Trinajstić information content (AvgIpc) is 3.00. The van der Waals surface area contributed by atoms with Crippen LogP contribution in [0.3, 0.4) is 0 Å². The Kier molecular flexibility index (Phi) is 5.36. The summed E-state index contributed by atoms with van der Waals surface area (Å²) in [6.07, 6.45) is 5.41. The molecule has 4 aliphatic carbocycles. The SMILES string of the molecule is CC(=O)OCC(=O)[C@H]1CCC2C3C[C@@H](O)[C@@]4(Cl)C[C@@H](O)CC[C@]4(C)C3CC[C@@]21C. The van der Waals surface area contributed by atoms with Crippen molar-refractivity contribution in [2.24, 2.45) is 34.5 Å². The number of hydrogen-bond acceptors (Lipinski definition) is 5. The minimum Gasteiger partial charge on any atom is -0.458 e. The molecule has 6 heteroatoms. The van der Waals surface area contributed by atoms with E-state index in [4.69, 9.17) is 16.3 Å². The summed E-state index contributed by atoms with van der Waals surface area (Å²) in [6.45, 7) is 5.67. The van der Waals surface area contributed by atoms with Crippen molar-refractivity contribution in [2.75, 3.05) is 6.61 Å². The molecule has 5 nitrogen and oxygen atoms in total. The van der Waals surface area contributed by atoms with E-state index in [1.807, 2.05) is 0 Å². The van der Waals surface area contributed by atoms with Crippen molar-refractivity contribution < 1.29 is 24.5 Å². The van der Waals surface area contributed by atoms with E-state index in [9.17, 15) is 19.8 Å². The summed E-state index contributed by atoms with van der Waals surface area (Å²) in [4.78, 5) is 23.2. The average molecular weight is 427 g/mol. The smallest absolute Gasteiger partial charge is 0.303 e. The highest BCUT2D eigenvalue weighted by molar-refractivity contribution is 6.25. The minimum absolute atomic E-state index is 0.0405. The second-order valence-corrected chi connectivity index (χ2v) is 11.4. The zero-order chi connectivity index (χ0) is 21.2. The number of ether oxygens (including phenoxy) is 1. The number of rotatable bonds is 3. The first-order valence-corrected chi connectivity index (χ1v) is 11.6. The van der Waals surface area contributed by atoms with E-state index in [1.54, 1.807) is 0 Å². The van der Waals surface area contributed by atoms with E-state index in [-0.39, 0.29) is 29.1 Å². The third-order valence-corrected chi connectivity index (χ3v) is 10.4. The predicted molar refractivity (Wildman–Crippen MR) is 109 cm³/mol. The van der Waals surface area contributed by atoms with Gasteiger partial charge in [-0.25, -0.2) is 0 Å². The third-order valence-electron chi connectivity index (χ3n) is 9.56. The van der Waals surface area contributed by atoms with Crippen molar-refractivity contribution in [3.63, 3.8) is 0 Å². The summed E-state index contributed by atoms with van der Waals surface area (Å²) in [7, 11) is 0. The molecule has 0 aliphatic heterocycles. The molecule has 0 heterocycles. The molecule has 29 heavy (non-hydrogen) atoms. The van der Waals surface area contributed by atoms with Gasteiger partial charge in [0, 0.05) is 12.8 Å². The molecule has 4 rings (SSSR count). The lowest BCUT2D eigenvalue weighted by atomic mass is 9.43. The van der Waals surface area contributed by atoms with Gasteiger partial charge in [0.2, 0.25) is 0 Å². The van der Waals surface area contributed by atoms with Gasteiger partial charge in [0.05, 0.1) is 17.1 Å². The van der Waals surface area contributed by atoms with Gasteiger partial charge >= 0.3 is 5.97 Å². The van der Waals surface area contributed by atoms with E-state index in [0.717, 1.165) is 38.5 Å². The number of carbonyl (C=O) groups excluding carboxylic acids is 2. The molecule has 4 fully saturated rings. The maximum Gasteiger partial charge on any atom is 0.303 e. The first kappa shape index (κ1) is 21.6. The Hall–Kier alpha value is -0.650. The maximum absolute atomic E-state index is 12.8. The maximum atomic E-state index is 12.8. The number of aliphatic hydroxyl groups excluding tert-OH is 2. The molecule has 0 aromatic rings. The number of aliphatic hydroxyl groups is 2. The number of halogens is 1. The summed E-state index contributed by atoms with van der Waals surface area (Å²) in [5.41, 5.74) is -0.299. The second-order valence-electron chi connectivity index (χ2n) is 10.7. The molecule has 2 N–H and O–H groups in total. The zero-order valence-corrected chi connectivity index (χ0v) is 18.6. The number of hydrogen-bond donors (Lipinski definition) is 2. The summed E-state index contributed by atoms with van der Waals surface area (Å²) in [6, 6.07) is 0. The molecule has 0 aromatic heterocycles. The third kappa shape index (κ3) is 3.10. The topological polar surface area (TPSA) is 83.8 Å². The molecule has 0 spiro atoms. The largest absolute Gasteiger partial charge is 0.458 e. The number of Topliss-reactive ketones (excluding diaryl/α,β-unsaturated/α-hetero) is 1. The van der Waals surface area contributed by atoms with Crippen molar-refractivity contribution in [2.45, 2.75) is 89.2 Å². The van der Waals surface area contributed by atoms with Crippen LogP contribution in [0.15, 0.2) is 0 Å². The molecule has 4 aliphatic rings. The van der Waals surface area contributed by atoms with Crippen molar-refractivity contribution in [1.82, 2.24) is 0 Å². The first-order valence-electron chi connectivity index (χ1n) is 11.2. The van der Waals surface area contributed by atoms with Gasteiger partial charge < -0.3 is 14.9 Å². The van der Waals surface area contributed by atoms with Crippen LogP contribution in [0, 0.1) is 34.5 Å². The number of ketones is 1. The molecule has 9 atom stereocenters. The van der Waals surface area contributed by atoms with Crippen LogP contribution in [0.25, 0.3) is 0 Å². The fraction of sp³-hybridized carbons (Fsp3) is 0.913. The van der Waals surface area contributed by atoms with Crippen LogP contribution in [-0.2, 0) is 14.3 Å². The number of fused-ring (bicyclic) bond motifs is 5. The normalized spacial score (nSPS) is 51.5. The van der Waals surface area contributed by atoms with Gasteiger partial charge in [-0.1, -0.05) is 13.8 Å². The first-order chi connectivity index (χ1) is 13.5. The van der Waals surface area contributed by atoms with Crippen molar-refractivity contribution >= 4 is 23.4 Å². The highest BCUT2D eigenvalue weighted by Crippen LogP contribution is 2.69. The lowest BCUT2D eigenvalue weighted by molar-refractivity contribution is -0.162. The highest BCUT2D eigenvalue weighted by atomic mass is 35.5. The quantitative estimate of drug-likeness (QED) is 0.533. The predicted octanol–water partition coefficient (Wildman–Crippen LogP) is 3.47. The van der Waals surface area contributed by atoms with E-state index >= 15 is 0 Å². The van der Waals surface area contributed by atoms with Gasteiger partial charge in [0.15, 0.2) is 5.78 Å². The van der Waals surface area contributed by atoms with Crippen LogP contribution in [0.2, 0.25) is 0 Å². The molecule has 0 saturated heterocycles. The molecule has 0 bridgehead atoms. The van der Waals surface area contributed by atoms with Crippen LogP contribution >= 0.6 is 11.6 Å².